The molecule has 9 heteroatoms. The third-order valence-electron chi connectivity index (χ3n) is 12.7. The third-order valence-corrected chi connectivity index (χ3v) is 13.7. The quantitative estimate of drug-likeness (QED) is 0.0213. The molecule has 2 atom stereocenters. The fraction of sp³-hybridized carbons (Fsp3) is 0.879. The molecule has 2 unspecified atom stereocenters. The number of hydrogen-bond donors (Lipinski definition) is 1. The van der Waals surface area contributed by atoms with Crippen LogP contribution in [0.4, 0.5) is 0 Å². The van der Waals surface area contributed by atoms with Crippen LogP contribution in [0.2, 0.25) is 0 Å². The zero-order chi connectivity index (χ0) is 49.0. The van der Waals surface area contributed by atoms with E-state index in [0.717, 1.165) is 44.9 Å². The number of allylic oxidation sites excluding steroid dienone is 6. The average Bonchev–Trinajstić information content (AvgIpc) is 3.29. The molecule has 0 aromatic rings. The van der Waals surface area contributed by atoms with E-state index in [9.17, 15) is 14.3 Å². The van der Waals surface area contributed by atoms with E-state index in [0.29, 0.717) is 24.1 Å². The van der Waals surface area contributed by atoms with Gasteiger partial charge in [-0.05, 0) is 51.4 Å². The molecule has 0 bridgehead atoms. The van der Waals surface area contributed by atoms with Crippen LogP contribution in [0.25, 0.3) is 0 Å². The molecule has 0 aliphatic carbocycles. The Hall–Kier alpha value is -1.28. The molecule has 0 aliphatic heterocycles. The van der Waals surface area contributed by atoms with Gasteiger partial charge in [0.1, 0.15) is 19.3 Å². The summed E-state index contributed by atoms with van der Waals surface area (Å²) in [5.41, 5.74) is 0. The summed E-state index contributed by atoms with van der Waals surface area (Å²) in [6.07, 6.45) is 63.4. The first-order chi connectivity index (χ1) is 32.6. The van der Waals surface area contributed by atoms with Gasteiger partial charge in [-0.15, -0.1) is 0 Å². The number of ether oxygens (including phenoxy) is 2. The summed E-state index contributed by atoms with van der Waals surface area (Å²) in [5, 5.41) is 0. The number of hydrogen-bond acceptors (Lipinski definition) is 6. The number of nitrogens with zero attached hydrogens (tertiary/aromatic N) is 1. The van der Waals surface area contributed by atoms with Gasteiger partial charge in [0, 0.05) is 13.0 Å². The maximum atomic E-state index is 12.8. The number of likely N-dealkylation sites (N-methyl/N-ethyl adjacent to an activating group) is 1. The van der Waals surface area contributed by atoms with E-state index in [2.05, 4.69) is 50.3 Å². The van der Waals surface area contributed by atoms with Gasteiger partial charge >= 0.3 is 13.8 Å². The number of unbranched alkanes of at least 4 members (excludes halogenated alkanes) is 34. The van der Waals surface area contributed by atoms with Gasteiger partial charge in [-0.3, -0.25) is 13.8 Å². The molecular weight excluding hydrogens is 854 g/mol. The van der Waals surface area contributed by atoms with Crippen LogP contribution in [0.1, 0.15) is 271 Å². The highest BCUT2D eigenvalue weighted by Gasteiger charge is 2.26. The van der Waals surface area contributed by atoms with Crippen LogP contribution in [0.5, 0.6) is 0 Å². The van der Waals surface area contributed by atoms with E-state index in [1.165, 1.54) is 205 Å². The summed E-state index contributed by atoms with van der Waals surface area (Å²) in [7, 11) is 1.68. The van der Waals surface area contributed by atoms with E-state index in [1.807, 2.05) is 21.1 Å². The second-order valence-corrected chi connectivity index (χ2v) is 22.1. The topological polar surface area (TPSA) is 91.3 Å². The second-order valence-electron chi connectivity index (χ2n) is 20.7. The number of esters is 1. The van der Waals surface area contributed by atoms with Crippen molar-refractivity contribution in [3.8, 4) is 0 Å². The van der Waals surface area contributed by atoms with Gasteiger partial charge in [-0.2, -0.15) is 0 Å². The second kappa shape index (κ2) is 51.1. The average molecular weight is 968 g/mol. The molecule has 396 valence electrons. The Labute approximate surface area is 416 Å². The molecule has 8 nitrogen and oxygen atoms in total. The van der Waals surface area contributed by atoms with E-state index in [-0.39, 0.29) is 25.8 Å². The van der Waals surface area contributed by atoms with Crippen molar-refractivity contribution >= 4 is 13.8 Å². The molecule has 0 saturated heterocycles. The van der Waals surface area contributed by atoms with Crippen LogP contribution in [0, 0.1) is 0 Å². The third kappa shape index (κ3) is 55.5. The predicted molar refractivity (Wildman–Crippen MR) is 289 cm³/mol. The molecule has 0 aromatic carbocycles. The monoisotopic (exact) mass is 967 g/mol. The highest BCUT2D eigenvalue weighted by Crippen LogP contribution is 2.43. The molecule has 0 rings (SSSR count). The number of carbonyl (C=O) groups is 1. The van der Waals surface area contributed by atoms with Crippen LogP contribution in [-0.2, 0) is 27.9 Å². The van der Waals surface area contributed by atoms with E-state index in [1.54, 1.807) is 0 Å². The van der Waals surface area contributed by atoms with Crippen LogP contribution in [-0.4, -0.2) is 75.6 Å². The van der Waals surface area contributed by atoms with Gasteiger partial charge in [-0.25, -0.2) is 4.57 Å². The molecule has 1 N–H and O–H groups in total. The maximum Gasteiger partial charge on any atom is 0.472 e. The molecule has 0 radical (unpaired) electrons. The zero-order valence-corrected chi connectivity index (χ0v) is 46.0. The van der Waals surface area contributed by atoms with Gasteiger partial charge in [-0.1, -0.05) is 249 Å². The van der Waals surface area contributed by atoms with Crippen molar-refractivity contribution in [3.05, 3.63) is 36.5 Å². The van der Waals surface area contributed by atoms with Crippen molar-refractivity contribution in [2.75, 3.05) is 54.1 Å². The highest BCUT2D eigenvalue weighted by atomic mass is 31.2. The molecule has 0 heterocycles. The van der Waals surface area contributed by atoms with Gasteiger partial charge in [0.05, 0.1) is 34.4 Å². The summed E-state index contributed by atoms with van der Waals surface area (Å²) in [6, 6.07) is 0. The molecule has 0 aliphatic rings. The summed E-state index contributed by atoms with van der Waals surface area (Å²) < 4.78 is 35.3. The van der Waals surface area contributed by atoms with Crippen molar-refractivity contribution in [3.63, 3.8) is 0 Å². The minimum absolute atomic E-state index is 0.0893. The highest BCUT2D eigenvalue weighted by molar-refractivity contribution is 7.47. The molecule has 0 amide bonds. The standard InChI is InChI=1S/C58H112NO7P/c1-6-8-10-12-14-16-18-20-22-24-26-28-29-30-31-32-33-35-37-39-41-43-45-47-49-51-58(60)66-57(56-65-67(61,62)64-54-52-59(3,4)5)55-63-53-50-48-46-44-42-40-38-36-34-27-25-23-21-19-17-15-13-11-9-7-2/h18,20,24,26,29-30,57H,6-17,19,21-23,25,27-28,31-56H2,1-5H3/p+1/b20-18-,26-24-,30-29-. The van der Waals surface area contributed by atoms with E-state index < -0.39 is 13.9 Å². The number of carbonyl (C=O) groups excluding carboxylic acids is 1. The molecule has 0 fully saturated rings. The van der Waals surface area contributed by atoms with Gasteiger partial charge in [0.15, 0.2) is 0 Å². The smallest absolute Gasteiger partial charge is 0.457 e. The Morgan fingerprint density at radius 3 is 1.22 bits per heavy atom. The number of phosphoric ester groups is 1. The molecule has 67 heavy (non-hydrogen) atoms. The van der Waals surface area contributed by atoms with Crippen molar-refractivity contribution < 1.29 is 37.3 Å². The first-order valence-corrected chi connectivity index (χ1v) is 30.2. The number of quaternary nitrogens is 1. The normalized spacial score (nSPS) is 13.7. The Kier molecular flexibility index (Phi) is 50.1. The molecule has 0 saturated carbocycles. The minimum Gasteiger partial charge on any atom is -0.457 e. The lowest BCUT2D eigenvalue weighted by atomic mass is 10.0. The summed E-state index contributed by atoms with van der Waals surface area (Å²) in [6.45, 7) is 5.67. The van der Waals surface area contributed by atoms with Gasteiger partial charge < -0.3 is 18.9 Å². The fourth-order valence-electron chi connectivity index (χ4n) is 8.27. The van der Waals surface area contributed by atoms with Gasteiger partial charge in [0.25, 0.3) is 0 Å². The van der Waals surface area contributed by atoms with Gasteiger partial charge in [0.2, 0.25) is 0 Å². The maximum absolute atomic E-state index is 12.8. The SMILES string of the molecule is CCCCCCC/C=C\C/C=C\C/C=C\CCCCCCCCCCCCC(=O)OC(COCCCCCCCCCCCCCCCCCCCCCC)COP(=O)(O)OCC[N+](C)(C)C. The lowest BCUT2D eigenvalue weighted by Crippen LogP contribution is -2.37. The van der Waals surface area contributed by atoms with Crippen LogP contribution >= 0.6 is 7.82 Å². The Morgan fingerprint density at radius 1 is 0.463 bits per heavy atom. The van der Waals surface area contributed by atoms with Crippen molar-refractivity contribution in [2.24, 2.45) is 0 Å². The van der Waals surface area contributed by atoms with Crippen LogP contribution in [0.3, 0.4) is 0 Å². The van der Waals surface area contributed by atoms with Crippen molar-refractivity contribution in [1.29, 1.82) is 0 Å². The first kappa shape index (κ1) is 65.7. The Balaban J connectivity index is 4.07. The largest absolute Gasteiger partial charge is 0.472 e. The van der Waals surface area contributed by atoms with Crippen molar-refractivity contribution in [1.82, 2.24) is 0 Å². The first-order valence-electron chi connectivity index (χ1n) is 28.7. The number of rotatable bonds is 54. The minimum atomic E-state index is -4.28. The summed E-state index contributed by atoms with van der Waals surface area (Å²) in [4.78, 5) is 23.1. The van der Waals surface area contributed by atoms with Crippen molar-refractivity contribution in [2.45, 2.75) is 277 Å². The van der Waals surface area contributed by atoms with E-state index in [4.69, 9.17) is 18.5 Å². The zero-order valence-electron chi connectivity index (χ0n) is 45.2. The van der Waals surface area contributed by atoms with Crippen LogP contribution < -0.4 is 0 Å². The Morgan fingerprint density at radius 2 is 0.821 bits per heavy atom. The fourth-order valence-corrected chi connectivity index (χ4v) is 9.01. The molecule has 0 aromatic heterocycles. The lowest BCUT2D eigenvalue weighted by Gasteiger charge is -2.24. The predicted octanol–water partition coefficient (Wildman–Crippen LogP) is 18.1. The van der Waals surface area contributed by atoms with E-state index >= 15 is 0 Å². The number of phosphoric acid groups is 1. The lowest BCUT2D eigenvalue weighted by molar-refractivity contribution is -0.870. The van der Waals surface area contributed by atoms with Crippen LogP contribution in [0.15, 0.2) is 36.5 Å². The molecule has 0 spiro atoms. The Bertz CT molecular complexity index is 1170. The summed E-state index contributed by atoms with van der Waals surface area (Å²) >= 11 is 0. The molecular formula is C58H113NO7P+. The summed E-state index contributed by atoms with van der Waals surface area (Å²) in [5.74, 6) is -0.312.